The van der Waals surface area contributed by atoms with Crippen LogP contribution in [0.2, 0.25) is 0 Å². The maximum Gasteiger partial charge on any atom is 0.191 e. The maximum absolute atomic E-state index is 14.3. The van der Waals surface area contributed by atoms with E-state index in [9.17, 15) is 4.39 Å². The van der Waals surface area contributed by atoms with Crippen LogP contribution in [0, 0.1) is 12.7 Å². The number of ether oxygens (including phenoxy) is 1. The standard InChI is InChI=1S/C16H22FN5O.HI/c1-12-19-6-8-22(12)15-5-4-13(10-14(15)17)11-21-16(18-2)20-7-9-23-3;/h4-6,8,10H,7,9,11H2,1-3H3,(H2,18,20,21);1H. The number of aliphatic imine (C=N–C) groups is 1. The van der Waals surface area contributed by atoms with Crippen LogP contribution in [0.5, 0.6) is 0 Å². The molecule has 132 valence electrons. The predicted octanol–water partition coefficient (Wildman–Crippen LogP) is 2.25. The Morgan fingerprint density at radius 3 is 2.75 bits per heavy atom. The van der Waals surface area contributed by atoms with Crippen LogP contribution in [0.1, 0.15) is 11.4 Å². The Morgan fingerprint density at radius 1 is 1.38 bits per heavy atom. The number of guanidine groups is 1. The number of imidazole rings is 1. The molecule has 1 heterocycles. The van der Waals surface area contributed by atoms with E-state index in [1.54, 1.807) is 37.2 Å². The van der Waals surface area contributed by atoms with Crippen molar-refractivity contribution in [2.24, 2.45) is 4.99 Å². The van der Waals surface area contributed by atoms with Crippen molar-refractivity contribution >= 4 is 29.9 Å². The second-order valence-corrected chi connectivity index (χ2v) is 4.98. The van der Waals surface area contributed by atoms with E-state index in [4.69, 9.17) is 4.74 Å². The molecule has 0 fully saturated rings. The zero-order chi connectivity index (χ0) is 16.7. The van der Waals surface area contributed by atoms with Gasteiger partial charge in [-0.05, 0) is 24.6 Å². The lowest BCUT2D eigenvalue weighted by molar-refractivity contribution is 0.203. The average Bonchev–Trinajstić information content (AvgIpc) is 2.97. The molecule has 0 aliphatic carbocycles. The summed E-state index contributed by atoms with van der Waals surface area (Å²) in [6.45, 7) is 3.56. The Balaban J connectivity index is 0.00000288. The van der Waals surface area contributed by atoms with Gasteiger partial charge in [-0.2, -0.15) is 0 Å². The Labute approximate surface area is 158 Å². The first-order chi connectivity index (χ1) is 11.2. The van der Waals surface area contributed by atoms with Gasteiger partial charge in [-0.15, -0.1) is 24.0 Å². The van der Waals surface area contributed by atoms with Crippen LogP contribution in [-0.4, -0.2) is 42.8 Å². The van der Waals surface area contributed by atoms with Crippen molar-refractivity contribution in [2.75, 3.05) is 27.3 Å². The molecule has 0 radical (unpaired) electrons. The molecule has 2 aromatic rings. The van der Waals surface area contributed by atoms with E-state index in [0.717, 1.165) is 11.4 Å². The number of hydrogen-bond donors (Lipinski definition) is 2. The first kappa shape index (κ1) is 20.4. The fraction of sp³-hybridized carbons (Fsp3) is 0.375. The molecule has 0 saturated carbocycles. The molecule has 0 bridgehead atoms. The quantitative estimate of drug-likeness (QED) is 0.309. The highest BCUT2D eigenvalue weighted by Crippen LogP contribution is 2.16. The van der Waals surface area contributed by atoms with Crippen molar-refractivity contribution < 1.29 is 9.13 Å². The number of methoxy groups -OCH3 is 1. The SMILES string of the molecule is CN=C(NCCOC)NCc1ccc(-n2ccnc2C)c(F)c1.I. The van der Waals surface area contributed by atoms with Crippen LogP contribution >= 0.6 is 24.0 Å². The van der Waals surface area contributed by atoms with Crippen molar-refractivity contribution in [3.63, 3.8) is 0 Å². The smallest absolute Gasteiger partial charge is 0.191 e. The summed E-state index contributed by atoms with van der Waals surface area (Å²) in [4.78, 5) is 8.21. The van der Waals surface area contributed by atoms with Gasteiger partial charge in [0.15, 0.2) is 5.96 Å². The molecule has 8 heteroatoms. The number of halogens is 2. The van der Waals surface area contributed by atoms with Crippen molar-refractivity contribution in [1.82, 2.24) is 20.2 Å². The predicted molar refractivity (Wildman–Crippen MR) is 104 cm³/mol. The summed E-state index contributed by atoms with van der Waals surface area (Å²) in [5.74, 6) is 1.11. The Kier molecular flexibility index (Phi) is 8.69. The largest absolute Gasteiger partial charge is 0.383 e. The van der Waals surface area contributed by atoms with E-state index in [-0.39, 0.29) is 29.8 Å². The highest BCUT2D eigenvalue weighted by atomic mass is 127. The molecule has 2 N–H and O–H groups in total. The molecular weight excluding hydrogens is 424 g/mol. The Morgan fingerprint density at radius 2 is 2.17 bits per heavy atom. The average molecular weight is 447 g/mol. The van der Waals surface area contributed by atoms with E-state index in [1.807, 2.05) is 13.0 Å². The van der Waals surface area contributed by atoms with E-state index < -0.39 is 0 Å². The second-order valence-electron chi connectivity index (χ2n) is 4.98. The van der Waals surface area contributed by atoms with Gasteiger partial charge in [0, 0.05) is 39.6 Å². The first-order valence-corrected chi connectivity index (χ1v) is 7.38. The minimum atomic E-state index is -0.285. The van der Waals surface area contributed by atoms with Crippen LogP contribution in [0.25, 0.3) is 5.69 Å². The Bertz CT molecular complexity index is 674. The number of rotatable bonds is 6. The van der Waals surface area contributed by atoms with Crippen molar-refractivity contribution in [3.8, 4) is 5.69 Å². The third-order valence-corrected chi connectivity index (χ3v) is 3.38. The molecule has 0 spiro atoms. The summed E-state index contributed by atoms with van der Waals surface area (Å²) in [5.41, 5.74) is 1.32. The molecule has 0 amide bonds. The lowest BCUT2D eigenvalue weighted by atomic mass is 10.2. The molecule has 0 unspecified atom stereocenters. The summed E-state index contributed by atoms with van der Waals surface area (Å²) < 4.78 is 21.0. The number of nitrogens with zero attached hydrogens (tertiary/aromatic N) is 3. The lowest BCUT2D eigenvalue weighted by Gasteiger charge is -2.12. The minimum Gasteiger partial charge on any atom is -0.383 e. The number of benzene rings is 1. The number of hydrogen-bond acceptors (Lipinski definition) is 3. The minimum absolute atomic E-state index is 0. The molecule has 0 aliphatic heterocycles. The topological polar surface area (TPSA) is 63.5 Å². The van der Waals surface area contributed by atoms with Gasteiger partial charge in [0.1, 0.15) is 11.6 Å². The monoisotopic (exact) mass is 447 g/mol. The van der Waals surface area contributed by atoms with Gasteiger partial charge in [-0.3, -0.25) is 4.99 Å². The summed E-state index contributed by atoms with van der Waals surface area (Å²) in [6, 6.07) is 5.15. The van der Waals surface area contributed by atoms with Gasteiger partial charge in [0.2, 0.25) is 0 Å². The first-order valence-electron chi connectivity index (χ1n) is 7.38. The molecule has 0 saturated heterocycles. The van der Waals surface area contributed by atoms with Crippen LogP contribution in [-0.2, 0) is 11.3 Å². The highest BCUT2D eigenvalue weighted by molar-refractivity contribution is 14.0. The fourth-order valence-corrected chi connectivity index (χ4v) is 2.17. The number of aryl methyl sites for hydroxylation is 1. The normalized spacial score (nSPS) is 11.1. The number of nitrogens with one attached hydrogen (secondary N) is 2. The van der Waals surface area contributed by atoms with Crippen molar-refractivity contribution in [2.45, 2.75) is 13.5 Å². The zero-order valence-electron chi connectivity index (χ0n) is 14.0. The highest BCUT2D eigenvalue weighted by Gasteiger charge is 2.08. The summed E-state index contributed by atoms with van der Waals surface area (Å²) >= 11 is 0. The molecular formula is C16H23FIN5O. The van der Waals surface area contributed by atoms with E-state index in [2.05, 4.69) is 20.6 Å². The van der Waals surface area contributed by atoms with E-state index in [0.29, 0.717) is 31.3 Å². The van der Waals surface area contributed by atoms with E-state index >= 15 is 0 Å². The maximum atomic E-state index is 14.3. The van der Waals surface area contributed by atoms with Crippen molar-refractivity contribution in [1.29, 1.82) is 0 Å². The zero-order valence-corrected chi connectivity index (χ0v) is 16.4. The molecule has 6 nitrogen and oxygen atoms in total. The Hall–Kier alpha value is -1.68. The molecule has 0 atom stereocenters. The molecule has 1 aromatic carbocycles. The van der Waals surface area contributed by atoms with Gasteiger partial charge >= 0.3 is 0 Å². The van der Waals surface area contributed by atoms with Crippen LogP contribution in [0.3, 0.4) is 0 Å². The van der Waals surface area contributed by atoms with Crippen LogP contribution in [0.15, 0.2) is 35.6 Å². The molecule has 2 rings (SSSR count). The van der Waals surface area contributed by atoms with Gasteiger partial charge in [-0.1, -0.05) is 6.07 Å². The summed E-state index contributed by atoms with van der Waals surface area (Å²) in [7, 11) is 3.33. The number of aromatic nitrogens is 2. The molecule has 0 aliphatic rings. The molecule has 1 aromatic heterocycles. The van der Waals surface area contributed by atoms with Gasteiger partial charge < -0.3 is 19.9 Å². The summed E-state index contributed by atoms with van der Waals surface area (Å²) in [6.07, 6.45) is 3.40. The lowest BCUT2D eigenvalue weighted by Crippen LogP contribution is -2.38. The van der Waals surface area contributed by atoms with Crippen LogP contribution < -0.4 is 10.6 Å². The summed E-state index contributed by atoms with van der Waals surface area (Å²) in [5, 5.41) is 6.24. The van der Waals surface area contributed by atoms with Crippen LogP contribution in [0.4, 0.5) is 4.39 Å². The second kappa shape index (κ2) is 10.2. The van der Waals surface area contributed by atoms with Crippen molar-refractivity contribution in [3.05, 3.63) is 47.8 Å². The third kappa shape index (κ3) is 5.45. The van der Waals surface area contributed by atoms with Gasteiger partial charge in [0.25, 0.3) is 0 Å². The van der Waals surface area contributed by atoms with Gasteiger partial charge in [0.05, 0.1) is 12.3 Å². The van der Waals surface area contributed by atoms with E-state index in [1.165, 1.54) is 6.07 Å². The fourth-order valence-electron chi connectivity index (χ4n) is 2.17. The molecule has 24 heavy (non-hydrogen) atoms. The third-order valence-electron chi connectivity index (χ3n) is 3.38. The van der Waals surface area contributed by atoms with Gasteiger partial charge in [-0.25, -0.2) is 9.37 Å².